The third-order valence-corrected chi connectivity index (χ3v) is 2.63. The summed E-state index contributed by atoms with van der Waals surface area (Å²) in [5.74, 6) is -0.136. The van der Waals surface area contributed by atoms with Crippen molar-refractivity contribution in [2.75, 3.05) is 11.6 Å². The predicted octanol–water partition coefficient (Wildman–Crippen LogP) is 2.57. The van der Waals surface area contributed by atoms with Crippen molar-refractivity contribution in [1.82, 2.24) is 5.43 Å². The molecule has 19 heavy (non-hydrogen) atoms. The number of hydrazine groups is 1. The molecule has 0 unspecified atom stereocenters. The van der Waals surface area contributed by atoms with Gasteiger partial charge >= 0.3 is 0 Å². The molecular weight excluding hydrogens is 262 g/mol. The number of rotatable bonds is 2. The summed E-state index contributed by atoms with van der Waals surface area (Å²) in [5.41, 5.74) is 5.02. The molecule has 0 aliphatic carbocycles. The fourth-order valence-corrected chi connectivity index (χ4v) is 1.55. The summed E-state index contributed by atoms with van der Waals surface area (Å²) in [5, 5.41) is 1.92. The number of benzene rings is 1. The molecule has 0 saturated heterocycles. The molecule has 0 aromatic heterocycles. The Kier molecular flexibility index (Phi) is 5.73. The van der Waals surface area contributed by atoms with Crippen molar-refractivity contribution in [3.8, 4) is 0 Å². The molecule has 1 aliphatic heterocycles. The molecular formula is C14H18ClN3O. The second-order valence-corrected chi connectivity index (χ2v) is 4.45. The van der Waals surface area contributed by atoms with Gasteiger partial charge in [-0.2, -0.15) is 0 Å². The highest BCUT2D eigenvalue weighted by Crippen LogP contribution is 2.13. The number of halogens is 1. The highest BCUT2D eigenvalue weighted by Gasteiger charge is 2.11. The maximum Gasteiger partial charge on any atom is 0.248 e. The van der Waals surface area contributed by atoms with Crippen LogP contribution >= 0.6 is 12.4 Å². The Labute approximate surface area is 119 Å². The van der Waals surface area contributed by atoms with E-state index in [9.17, 15) is 4.79 Å². The summed E-state index contributed by atoms with van der Waals surface area (Å²) in [4.78, 5) is 15.6. The van der Waals surface area contributed by atoms with E-state index in [0.717, 1.165) is 11.4 Å². The zero-order valence-electron chi connectivity index (χ0n) is 11.0. The van der Waals surface area contributed by atoms with Crippen molar-refractivity contribution >= 4 is 29.7 Å². The monoisotopic (exact) mass is 279 g/mol. The van der Waals surface area contributed by atoms with Gasteiger partial charge in [0.1, 0.15) is 0 Å². The van der Waals surface area contributed by atoms with Gasteiger partial charge < -0.3 is 0 Å². The molecule has 1 aliphatic rings. The van der Waals surface area contributed by atoms with Crippen molar-refractivity contribution in [2.45, 2.75) is 13.8 Å². The third kappa shape index (κ3) is 4.19. The predicted molar refractivity (Wildman–Crippen MR) is 80.6 cm³/mol. The van der Waals surface area contributed by atoms with E-state index in [2.05, 4.69) is 10.4 Å². The number of nitrogens with zero attached hydrogens (tertiary/aromatic N) is 2. The number of amides is 1. The number of hydrogen-bond acceptors (Lipinski definition) is 3. The Bertz CT molecular complexity index is 483. The normalized spacial score (nSPS) is 16.6. The van der Waals surface area contributed by atoms with Gasteiger partial charge in [0.2, 0.25) is 5.91 Å². The summed E-state index contributed by atoms with van der Waals surface area (Å²) in [6, 6.07) is 9.97. The van der Waals surface area contributed by atoms with E-state index in [0.29, 0.717) is 6.54 Å². The van der Waals surface area contributed by atoms with Crippen LogP contribution in [0.2, 0.25) is 0 Å². The summed E-state index contributed by atoms with van der Waals surface area (Å²) >= 11 is 0. The highest BCUT2D eigenvalue weighted by molar-refractivity contribution is 6.04. The van der Waals surface area contributed by atoms with Crippen LogP contribution in [0.25, 0.3) is 0 Å². The van der Waals surface area contributed by atoms with Gasteiger partial charge in [-0.05, 0) is 18.2 Å². The largest absolute Gasteiger partial charge is 0.284 e. The molecule has 2 rings (SSSR count). The molecule has 1 N–H and O–H groups in total. The van der Waals surface area contributed by atoms with Gasteiger partial charge in [-0.15, -0.1) is 12.4 Å². The molecule has 0 fully saturated rings. The zero-order valence-corrected chi connectivity index (χ0v) is 11.9. The lowest BCUT2D eigenvalue weighted by atomic mass is 10.2. The van der Waals surface area contributed by atoms with Crippen LogP contribution in [0.4, 0.5) is 5.69 Å². The van der Waals surface area contributed by atoms with Gasteiger partial charge in [-0.25, -0.2) is 10.4 Å². The number of carbonyl (C=O) groups excluding carboxylic acids is 1. The van der Waals surface area contributed by atoms with Crippen LogP contribution in [0.15, 0.2) is 47.6 Å². The molecule has 0 atom stereocenters. The molecule has 5 heteroatoms. The molecule has 0 saturated carbocycles. The van der Waals surface area contributed by atoms with Crippen LogP contribution in [0, 0.1) is 5.92 Å². The Balaban J connectivity index is 0.00000180. The van der Waals surface area contributed by atoms with Gasteiger partial charge in [0.25, 0.3) is 0 Å². The topological polar surface area (TPSA) is 44.7 Å². The maximum atomic E-state index is 11.5. The van der Waals surface area contributed by atoms with Gasteiger partial charge in [0, 0.05) is 12.1 Å². The highest BCUT2D eigenvalue weighted by atomic mass is 35.5. The van der Waals surface area contributed by atoms with Gasteiger partial charge in [0.15, 0.2) is 0 Å². The number of aliphatic imine (C=N–C) groups is 1. The lowest BCUT2D eigenvalue weighted by molar-refractivity contribution is -0.120. The number of nitrogens with one attached hydrogen (secondary N) is 1. The fourth-order valence-electron chi connectivity index (χ4n) is 1.55. The second-order valence-electron chi connectivity index (χ2n) is 4.45. The molecule has 1 aromatic carbocycles. The van der Waals surface area contributed by atoms with Gasteiger partial charge in [-0.1, -0.05) is 32.0 Å². The third-order valence-electron chi connectivity index (χ3n) is 2.63. The van der Waals surface area contributed by atoms with Crippen molar-refractivity contribution in [3.63, 3.8) is 0 Å². The SMILES string of the molecule is CC(C)C(=O)N=C1C=CN(c2ccccc2)NC1.Cl. The van der Waals surface area contributed by atoms with Crippen LogP contribution in [-0.4, -0.2) is 18.2 Å². The van der Waals surface area contributed by atoms with Gasteiger partial charge in [0.05, 0.1) is 17.9 Å². The van der Waals surface area contributed by atoms with E-state index in [-0.39, 0.29) is 24.2 Å². The minimum Gasteiger partial charge on any atom is -0.284 e. The standard InChI is InChI=1S/C14H17N3O.ClH/c1-11(2)14(18)16-12-8-9-17(15-10-12)13-6-4-3-5-7-13;/h3-9,11,15H,10H2,1-2H3;1H. The Hall–Kier alpha value is -1.65. The molecule has 0 spiro atoms. The summed E-state index contributed by atoms with van der Waals surface area (Å²) < 4.78 is 0. The zero-order chi connectivity index (χ0) is 13.0. The summed E-state index contributed by atoms with van der Waals surface area (Å²) in [6.45, 7) is 4.26. The lowest BCUT2D eigenvalue weighted by Gasteiger charge is -2.25. The summed E-state index contributed by atoms with van der Waals surface area (Å²) in [6.07, 6.45) is 3.75. The van der Waals surface area contributed by atoms with Crippen molar-refractivity contribution in [1.29, 1.82) is 0 Å². The molecule has 102 valence electrons. The Morgan fingerprint density at radius 2 is 2.00 bits per heavy atom. The Morgan fingerprint density at radius 3 is 2.53 bits per heavy atom. The quantitative estimate of drug-likeness (QED) is 0.905. The molecule has 1 heterocycles. The van der Waals surface area contributed by atoms with E-state index < -0.39 is 0 Å². The molecule has 4 nitrogen and oxygen atoms in total. The van der Waals surface area contributed by atoms with E-state index in [1.54, 1.807) is 0 Å². The van der Waals surface area contributed by atoms with E-state index >= 15 is 0 Å². The molecule has 0 bridgehead atoms. The first kappa shape index (κ1) is 15.4. The minimum atomic E-state index is -0.0791. The van der Waals surface area contributed by atoms with Crippen LogP contribution < -0.4 is 10.4 Å². The van der Waals surface area contributed by atoms with Crippen LogP contribution in [-0.2, 0) is 4.79 Å². The van der Waals surface area contributed by atoms with E-state index in [1.807, 2.05) is 61.5 Å². The van der Waals surface area contributed by atoms with Crippen LogP contribution in [0.3, 0.4) is 0 Å². The number of anilines is 1. The molecule has 1 amide bonds. The second kappa shape index (κ2) is 7.07. The maximum absolute atomic E-state index is 11.5. The smallest absolute Gasteiger partial charge is 0.248 e. The summed E-state index contributed by atoms with van der Waals surface area (Å²) in [7, 11) is 0. The van der Waals surface area contributed by atoms with E-state index in [4.69, 9.17) is 0 Å². The average molecular weight is 280 g/mol. The molecule has 1 aromatic rings. The lowest BCUT2D eigenvalue weighted by Crippen LogP contribution is -2.40. The number of carbonyl (C=O) groups is 1. The van der Waals surface area contributed by atoms with Crippen LogP contribution in [0.5, 0.6) is 0 Å². The van der Waals surface area contributed by atoms with Crippen molar-refractivity contribution in [3.05, 3.63) is 42.6 Å². The minimum absolute atomic E-state index is 0. The van der Waals surface area contributed by atoms with Crippen molar-refractivity contribution < 1.29 is 4.79 Å². The fraction of sp³-hybridized carbons (Fsp3) is 0.286. The number of para-hydroxylation sites is 1. The first-order valence-electron chi connectivity index (χ1n) is 6.04. The first-order chi connectivity index (χ1) is 8.66. The first-order valence-corrected chi connectivity index (χ1v) is 6.04. The average Bonchev–Trinajstić information content (AvgIpc) is 2.40. The number of hydrogen-bond donors (Lipinski definition) is 1. The molecule has 0 radical (unpaired) electrons. The van der Waals surface area contributed by atoms with Crippen molar-refractivity contribution in [2.24, 2.45) is 10.9 Å². The van der Waals surface area contributed by atoms with E-state index in [1.165, 1.54) is 0 Å². The Morgan fingerprint density at radius 1 is 1.32 bits per heavy atom. The van der Waals surface area contributed by atoms with Gasteiger partial charge in [-0.3, -0.25) is 9.80 Å². The van der Waals surface area contributed by atoms with Crippen LogP contribution in [0.1, 0.15) is 13.8 Å².